The first-order chi connectivity index (χ1) is 11.3. The summed E-state index contributed by atoms with van der Waals surface area (Å²) in [7, 11) is 0. The predicted molar refractivity (Wildman–Crippen MR) is 84.2 cm³/mol. The minimum absolute atomic E-state index is 0.283. The van der Waals surface area contributed by atoms with Crippen LogP contribution in [0, 0.1) is 24.7 Å². The maximum absolute atomic E-state index is 5.94. The first-order valence-corrected chi connectivity index (χ1v) is 8.41. The summed E-state index contributed by atoms with van der Waals surface area (Å²) in [4.78, 5) is 4.11. The second-order valence-electron chi connectivity index (χ2n) is 6.74. The number of fused-ring (bicyclic) bond motifs is 1. The lowest BCUT2D eigenvalue weighted by atomic mass is 9.90. The molecule has 0 spiro atoms. The summed E-state index contributed by atoms with van der Waals surface area (Å²) in [5.41, 5.74) is 0. The second-order valence-corrected chi connectivity index (χ2v) is 6.74. The van der Waals surface area contributed by atoms with Crippen molar-refractivity contribution >= 4 is 0 Å². The fraction of sp³-hybridized carbons (Fsp3) is 0.556. The van der Waals surface area contributed by atoms with Gasteiger partial charge >= 0.3 is 0 Å². The van der Waals surface area contributed by atoms with E-state index in [0.29, 0.717) is 11.7 Å². The van der Waals surface area contributed by atoms with E-state index in [1.165, 1.54) is 25.7 Å². The third-order valence-electron chi connectivity index (χ3n) is 4.89. The predicted octanol–water partition coefficient (Wildman–Crippen LogP) is 3.77. The van der Waals surface area contributed by atoms with Crippen LogP contribution in [0.5, 0.6) is 11.5 Å². The van der Waals surface area contributed by atoms with Gasteiger partial charge in [-0.2, -0.15) is 4.98 Å². The first-order valence-electron chi connectivity index (χ1n) is 8.41. The molecule has 0 aliphatic heterocycles. The van der Waals surface area contributed by atoms with Crippen LogP contribution >= 0.6 is 0 Å². The van der Waals surface area contributed by atoms with Crippen LogP contribution in [0.3, 0.4) is 0 Å². The number of aryl methyl sites for hydroxylation is 1. The molecule has 1 aromatic heterocycles. The summed E-state index contributed by atoms with van der Waals surface area (Å²) in [6, 6.07) is 7.74. The molecule has 2 aromatic rings. The maximum Gasteiger partial charge on any atom is 0.264 e. The van der Waals surface area contributed by atoms with E-state index in [4.69, 9.17) is 14.0 Å². The Morgan fingerprint density at radius 3 is 2.52 bits per heavy atom. The summed E-state index contributed by atoms with van der Waals surface area (Å²) in [5.74, 6) is 5.56. The van der Waals surface area contributed by atoms with Gasteiger partial charge in [0.1, 0.15) is 11.5 Å². The van der Waals surface area contributed by atoms with Gasteiger partial charge in [0.2, 0.25) is 0 Å². The summed E-state index contributed by atoms with van der Waals surface area (Å²) in [5, 5.41) is 3.73. The van der Waals surface area contributed by atoms with Crippen molar-refractivity contribution in [2.24, 2.45) is 17.8 Å². The van der Waals surface area contributed by atoms with Crippen LogP contribution in [0.25, 0.3) is 0 Å². The Bertz CT molecular complexity index is 653. The summed E-state index contributed by atoms with van der Waals surface area (Å²) in [6.45, 7) is 2.91. The number of nitrogens with zero attached hydrogens (tertiary/aromatic N) is 2. The van der Waals surface area contributed by atoms with Crippen LogP contribution in [0.4, 0.5) is 0 Å². The van der Waals surface area contributed by atoms with Gasteiger partial charge in [-0.1, -0.05) is 5.16 Å². The van der Waals surface area contributed by atoms with E-state index in [9.17, 15) is 0 Å². The first kappa shape index (κ1) is 14.5. The van der Waals surface area contributed by atoms with Gasteiger partial charge in [-0.15, -0.1) is 0 Å². The van der Waals surface area contributed by atoms with Crippen LogP contribution in [-0.2, 0) is 6.61 Å². The normalized spacial score (nSPS) is 25.7. The molecule has 0 saturated heterocycles. The van der Waals surface area contributed by atoms with Gasteiger partial charge < -0.3 is 14.0 Å². The Morgan fingerprint density at radius 2 is 1.83 bits per heavy atom. The molecule has 2 aliphatic rings. The van der Waals surface area contributed by atoms with Crippen molar-refractivity contribution in [3.05, 3.63) is 36.0 Å². The number of aromatic nitrogens is 2. The van der Waals surface area contributed by atoms with Gasteiger partial charge in [-0.25, -0.2) is 0 Å². The number of benzene rings is 1. The molecule has 1 heterocycles. The van der Waals surface area contributed by atoms with Gasteiger partial charge in [0.15, 0.2) is 12.4 Å². The Labute approximate surface area is 136 Å². The average Bonchev–Trinajstić information content (AvgIpc) is 3.24. The Balaban J connectivity index is 1.24. The number of hydrogen-bond donors (Lipinski definition) is 0. The topological polar surface area (TPSA) is 57.4 Å². The number of rotatable bonds is 6. The zero-order chi connectivity index (χ0) is 15.6. The minimum atomic E-state index is 0.283. The molecule has 4 rings (SSSR count). The Kier molecular flexibility index (Phi) is 3.93. The summed E-state index contributed by atoms with van der Waals surface area (Å²) in [6.07, 6.45) is 5.55. The molecule has 0 bridgehead atoms. The van der Waals surface area contributed by atoms with Gasteiger partial charge in [0.25, 0.3) is 5.89 Å². The third kappa shape index (κ3) is 3.66. The number of hydrogen-bond acceptors (Lipinski definition) is 5. The van der Waals surface area contributed by atoms with Crippen molar-refractivity contribution < 1.29 is 14.0 Å². The second kappa shape index (κ2) is 6.22. The quantitative estimate of drug-likeness (QED) is 0.812. The Morgan fingerprint density at radius 1 is 1.04 bits per heavy atom. The molecule has 5 nitrogen and oxygen atoms in total. The van der Waals surface area contributed by atoms with Gasteiger partial charge in [0, 0.05) is 0 Å². The molecule has 23 heavy (non-hydrogen) atoms. The monoisotopic (exact) mass is 314 g/mol. The van der Waals surface area contributed by atoms with E-state index in [-0.39, 0.29) is 6.61 Å². The highest BCUT2D eigenvalue weighted by Gasteiger charge is 2.41. The van der Waals surface area contributed by atoms with Gasteiger partial charge in [0.05, 0.1) is 6.61 Å². The highest BCUT2D eigenvalue weighted by Crippen LogP contribution is 2.51. The number of ether oxygens (including phenoxy) is 2. The van der Waals surface area contributed by atoms with E-state index in [0.717, 1.165) is 35.9 Å². The molecule has 2 saturated carbocycles. The SMILES string of the molecule is Cc1noc(COc2ccc(OCC3CCC4CC4C3)cc2)n1. The maximum atomic E-state index is 5.94. The molecule has 3 unspecified atom stereocenters. The Hall–Kier alpha value is -2.04. The lowest BCUT2D eigenvalue weighted by molar-refractivity contribution is 0.203. The molecule has 0 radical (unpaired) electrons. The van der Waals surface area contributed by atoms with E-state index < -0.39 is 0 Å². The molecule has 2 fully saturated rings. The average molecular weight is 314 g/mol. The zero-order valence-electron chi connectivity index (χ0n) is 13.4. The van der Waals surface area contributed by atoms with Crippen molar-refractivity contribution in [3.63, 3.8) is 0 Å². The molecular formula is C18H22N2O3. The smallest absolute Gasteiger partial charge is 0.264 e. The fourth-order valence-corrected chi connectivity index (χ4v) is 3.49. The van der Waals surface area contributed by atoms with E-state index >= 15 is 0 Å². The zero-order valence-corrected chi connectivity index (χ0v) is 13.4. The van der Waals surface area contributed by atoms with Crippen LogP contribution in [0.1, 0.15) is 37.4 Å². The van der Waals surface area contributed by atoms with Crippen LogP contribution in [0.2, 0.25) is 0 Å². The lowest BCUT2D eigenvalue weighted by Gasteiger charge is -2.21. The molecule has 122 valence electrons. The van der Waals surface area contributed by atoms with E-state index in [1.807, 2.05) is 24.3 Å². The standard InChI is InChI=1S/C18H22N2O3/c1-12-19-18(23-20-12)11-22-17-6-4-16(5-7-17)21-10-13-2-3-14-9-15(14)8-13/h4-7,13-15H,2-3,8-11H2,1H3. The van der Waals surface area contributed by atoms with E-state index in [1.54, 1.807) is 6.92 Å². The molecule has 2 aliphatic carbocycles. The fourth-order valence-electron chi connectivity index (χ4n) is 3.49. The molecular weight excluding hydrogens is 292 g/mol. The summed E-state index contributed by atoms with van der Waals surface area (Å²) >= 11 is 0. The van der Waals surface area contributed by atoms with Crippen molar-refractivity contribution in [2.75, 3.05) is 6.61 Å². The lowest BCUT2D eigenvalue weighted by Crippen LogP contribution is -2.16. The van der Waals surface area contributed by atoms with Crippen LogP contribution < -0.4 is 9.47 Å². The van der Waals surface area contributed by atoms with Crippen molar-refractivity contribution in [3.8, 4) is 11.5 Å². The molecule has 0 N–H and O–H groups in total. The molecule has 3 atom stereocenters. The van der Waals surface area contributed by atoms with E-state index in [2.05, 4.69) is 10.1 Å². The molecule has 0 amide bonds. The van der Waals surface area contributed by atoms with Crippen molar-refractivity contribution in [1.82, 2.24) is 10.1 Å². The van der Waals surface area contributed by atoms with Crippen LogP contribution in [0.15, 0.2) is 28.8 Å². The van der Waals surface area contributed by atoms with Crippen LogP contribution in [-0.4, -0.2) is 16.7 Å². The largest absolute Gasteiger partial charge is 0.493 e. The van der Waals surface area contributed by atoms with Gasteiger partial charge in [-0.3, -0.25) is 0 Å². The molecule has 5 heteroatoms. The van der Waals surface area contributed by atoms with Crippen molar-refractivity contribution in [1.29, 1.82) is 0 Å². The highest BCUT2D eigenvalue weighted by molar-refractivity contribution is 5.31. The third-order valence-corrected chi connectivity index (χ3v) is 4.89. The highest BCUT2D eigenvalue weighted by atomic mass is 16.5. The summed E-state index contributed by atoms with van der Waals surface area (Å²) < 4.78 is 16.6. The van der Waals surface area contributed by atoms with Gasteiger partial charge in [-0.05, 0) is 74.6 Å². The van der Waals surface area contributed by atoms with Crippen molar-refractivity contribution in [2.45, 2.75) is 39.2 Å². The minimum Gasteiger partial charge on any atom is -0.493 e. The molecule has 1 aromatic carbocycles.